The van der Waals surface area contributed by atoms with Gasteiger partial charge >= 0.3 is 0 Å². The number of hydrogen-bond donors (Lipinski definition) is 2. The Hall–Kier alpha value is -1.78. The number of ether oxygens (including phenoxy) is 1. The second-order valence-electron chi connectivity index (χ2n) is 4.66. The predicted molar refractivity (Wildman–Crippen MR) is 76.4 cm³/mol. The molecule has 5 nitrogen and oxygen atoms in total. The highest BCUT2D eigenvalue weighted by Crippen LogP contribution is 2.20. The molecule has 0 saturated heterocycles. The Morgan fingerprint density at radius 3 is 2.95 bits per heavy atom. The van der Waals surface area contributed by atoms with Gasteiger partial charge in [0.2, 0.25) is 5.91 Å². The molecule has 1 aromatic rings. The van der Waals surface area contributed by atoms with Crippen LogP contribution in [0.15, 0.2) is 18.3 Å². The third kappa shape index (κ3) is 6.08. The van der Waals surface area contributed by atoms with Crippen LogP contribution in [0.25, 0.3) is 0 Å². The molecule has 0 saturated carbocycles. The fraction of sp³-hybridized carbons (Fsp3) is 0.571. The Balaban J connectivity index is 2.34. The van der Waals surface area contributed by atoms with Crippen molar-refractivity contribution in [2.45, 2.75) is 27.2 Å². The smallest absolute Gasteiger partial charge is 0.221 e. The van der Waals surface area contributed by atoms with E-state index in [0.717, 1.165) is 0 Å². The molecule has 0 radical (unpaired) electrons. The zero-order chi connectivity index (χ0) is 14.1. The number of carbonyl (C=O) groups excluding carboxylic acids is 1. The van der Waals surface area contributed by atoms with Gasteiger partial charge in [0.1, 0.15) is 0 Å². The van der Waals surface area contributed by atoms with Gasteiger partial charge in [0.05, 0.1) is 6.61 Å². The molecule has 0 spiro atoms. The van der Waals surface area contributed by atoms with Crippen LogP contribution in [0.2, 0.25) is 0 Å². The minimum Gasteiger partial charge on any atom is -0.490 e. The molecule has 1 amide bonds. The fourth-order valence-electron chi connectivity index (χ4n) is 1.50. The van der Waals surface area contributed by atoms with Crippen LogP contribution in [0.1, 0.15) is 27.2 Å². The van der Waals surface area contributed by atoms with Gasteiger partial charge in [-0.1, -0.05) is 13.8 Å². The largest absolute Gasteiger partial charge is 0.490 e. The van der Waals surface area contributed by atoms with Crippen LogP contribution in [0.4, 0.5) is 5.82 Å². The first-order valence-electron chi connectivity index (χ1n) is 6.71. The molecule has 5 heteroatoms. The number of nitrogens with one attached hydrogen (secondary N) is 2. The Morgan fingerprint density at radius 1 is 1.47 bits per heavy atom. The molecule has 19 heavy (non-hydrogen) atoms. The van der Waals surface area contributed by atoms with Crippen molar-refractivity contribution in [3.05, 3.63) is 18.3 Å². The van der Waals surface area contributed by atoms with Gasteiger partial charge in [-0.2, -0.15) is 0 Å². The standard InChI is InChI=1S/C14H23N3O2/c1-4-19-12-6-5-8-15-14(12)16-9-7-13(18)17-10-11(2)3/h5-6,8,11H,4,7,9-10H2,1-3H3,(H,15,16)(H,17,18). The number of nitrogens with zero attached hydrogens (tertiary/aromatic N) is 1. The first kappa shape index (κ1) is 15.3. The van der Waals surface area contributed by atoms with Gasteiger partial charge in [-0.15, -0.1) is 0 Å². The van der Waals surface area contributed by atoms with E-state index in [9.17, 15) is 4.79 Å². The van der Waals surface area contributed by atoms with Gasteiger partial charge in [-0.25, -0.2) is 4.98 Å². The van der Waals surface area contributed by atoms with E-state index in [-0.39, 0.29) is 5.91 Å². The molecule has 0 atom stereocenters. The molecule has 1 heterocycles. The highest BCUT2D eigenvalue weighted by atomic mass is 16.5. The lowest BCUT2D eigenvalue weighted by atomic mass is 10.2. The molecule has 2 N–H and O–H groups in total. The third-order valence-corrected chi connectivity index (χ3v) is 2.42. The van der Waals surface area contributed by atoms with E-state index in [1.807, 2.05) is 19.1 Å². The first-order chi connectivity index (χ1) is 9.13. The molecule has 0 aliphatic carbocycles. The molecular weight excluding hydrogens is 242 g/mol. The van der Waals surface area contributed by atoms with E-state index < -0.39 is 0 Å². The predicted octanol–water partition coefficient (Wildman–Crippen LogP) is 2.05. The first-order valence-corrected chi connectivity index (χ1v) is 6.71. The number of anilines is 1. The lowest BCUT2D eigenvalue weighted by molar-refractivity contribution is -0.120. The van der Waals surface area contributed by atoms with Crippen LogP contribution in [0.5, 0.6) is 5.75 Å². The second-order valence-corrected chi connectivity index (χ2v) is 4.66. The summed E-state index contributed by atoms with van der Waals surface area (Å²) in [4.78, 5) is 15.7. The average molecular weight is 265 g/mol. The van der Waals surface area contributed by atoms with Crippen LogP contribution in [-0.4, -0.2) is 30.6 Å². The van der Waals surface area contributed by atoms with Crippen LogP contribution < -0.4 is 15.4 Å². The number of rotatable bonds is 8. The van der Waals surface area contributed by atoms with Crippen molar-refractivity contribution in [3.63, 3.8) is 0 Å². The van der Waals surface area contributed by atoms with Crippen LogP contribution in [0, 0.1) is 5.92 Å². The number of hydrogen-bond acceptors (Lipinski definition) is 4. The average Bonchev–Trinajstić information content (AvgIpc) is 2.39. The van der Waals surface area contributed by atoms with E-state index in [2.05, 4.69) is 29.5 Å². The quantitative estimate of drug-likeness (QED) is 0.755. The molecule has 0 fully saturated rings. The molecule has 106 valence electrons. The lowest BCUT2D eigenvalue weighted by Crippen LogP contribution is -2.28. The Labute approximate surface area is 114 Å². The van der Waals surface area contributed by atoms with Gasteiger partial charge in [-0.05, 0) is 25.0 Å². The van der Waals surface area contributed by atoms with Crippen molar-refractivity contribution >= 4 is 11.7 Å². The third-order valence-electron chi connectivity index (χ3n) is 2.42. The molecule has 0 unspecified atom stereocenters. The van der Waals surface area contributed by atoms with Crippen LogP contribution >= 0.6 is 0 Å². The van der Waals surface area contributed by atoms with E-state index in [1.165, 1.54) is 0 Å². The summed E-state index contributed by atoms with van der Waals surface area (Å²) in [5.41, 5.74) is 0. The number of carbonyl (C=O) groups is 1. The summed E-state index contributed by atoms with van der Waals surface area (Å²) in [6.07, 6.45) is 2.12. The second kappa shape index (κ2) is 8.34. The summed E-state index contributed by atoms with van der Waals surface area (Å²) in [6, 6.07) is 3.68. The maximum atomic E-state index is 11.5. The van der Waals surface area contributed by atoms with E-state index in [0.29, 0.717) is 43.6 Å². The molecule has 0 aliphatic rings. The molecule has 1 aromatic heterocycles. The normalized spacial score (nSPS) is 10.3. The van der Waals surface area contributed by atoms with Crippen molar-refractivity contribution < 1.29 is 9.53 Å². The summed E-state index contributed by atoms with van der Waals surface area (Å²) >= 11 is 0. The number of amides is 1. The number of pyridine rings is 1. The van der Waals surface area contributed by atoms with Gasteiger partial charge in [0.15, 0.2) is 11.6 Å². The monoisotopic (exact) mass is 265 g/mol. The minimum absolute atomic E-state index is 0.0510. The molecule has 0 aliphatic heterocycles. The Kier molecular flexibility index (Phi) is 6.71. The minimum atomic E-state index is 0.0510. The number of aromatic nitrogens is 1. The summed E-state index contributed by atoms with van der Waals surface area (Å²) in [5.74, 6) is 1.92. The highest BCUT2D eigenvalue weighted by Gasteiger charge is 2.05. The lowest BCUT2D eigenvalue weighted by Gasteiger charge is -2.11. The maximum absolute atomic E-state index is 11.5. The van der Waals surface area contributed by atoms with Crippen molar-refractivity contribution in [1.29, 1.82) is 0 Å². The van der Waals surface area contributed by atoms with Crippen molar-refractivity contribution in [1.82, 2.24) is 10.3 Å². The van der Waals surface area contributed by atoms with Gasteiger partial charge < -0.3 is 15.4 Å². The van der Waals surface area contributed by atoms with E-state index in [4.69, 9.17) is 4.74 Å². The summed E-state index contributed by atoms with van der Waals surface area (Å²) < 4.78 is 5.45. The Bertz CT molecular complexity index is 394. The molecule has 0 bridgehead atoms. The fourth-order valence-corrected chi connectivity index (χ4v) is 1.50. The summed E-state index contributed by atoms with van der Waals surface area (Å²) in [6.45, 7) is 7.92. The van der Waals surface area contributed by atoms with Crippen molar-refractivity contribution in [2.75, 3.05) is 25.0 Å². The zero-order valence-corrected chi connectivity index (χ0v) is 11.9. The highest BCUT2D eigenvalue weighted by molar-refractivity contribution is 5.76. The van der Waals surface area contributed by atoms with E-state index in [1.54, 1.807) is 6.20 Å². The van der Waals surface area contributed by atoms with E-state index >= 15 is 0 Å². The zero-order valence-electron chi connectivity index (χ0n) is 11.9. The van der Waals surface area contributed by atoms with Crippen LogP contribution in [0.3, 0.4) is 0 Å². The topological polar surface area (TPSA) is 63.2 Å². The molecule has 0 aromatic carbocycles. The summed E-state index contributed by atoms with van der Waals surface area (Å²) in [5, 5.41) is 6.00. The maximum Gasteiger partial charge on any atom is 0.221 e. The van der Waals surface area contributed by atoms with Gasteiger partial charge in [-0.3, -0.25) is 4.79 Å². The molecule has 1 rings (SSSR count). The Morgan fingerprint density at radius 2 is 2.26 bits per heavy atom. The van der Waals surface area contributed by atoms with Gasteiger partial charge in [0.25, 0.3) is 0 Å². The summed E-state index contributed by atoms with van der Waals surface area (Å²) in [7, 11) is 0. The van der Waals surface area contributed by atoms with Crippen molar-refractivity contribution in [2.24, 2.45) is 5.92 Å². The van der Waals surface area contributed by atoms with Crippen LogP contribution in [-0.2, 0) is 4.79 Å². The van der Waals surface area contributed by atoms with Gasteiger partial charge in [0, 0.05) is 25.7 Å². The van der Waals surface area contributed by atoms with Crippen molar-refractivity contribution in [3.8, 4) is 5.75 Å². The SMILES string of the molecule is CCOc1cccnc1NCCC(=O)NCC(C)C. The molecular formula is C14H23N3O2.